The SMILES string of the molecule is C=C(/C=C(\C=N/CCl)C1=C(C)NC(NC(=O)CC)S1)NC=O. The van der Waals surface area contributed by atoms with Gasteiger partial charge in [-0.15, -0.1) is 11.6 Å². The maximum Gasteiger partial charge on any atom is 0.221 e. The molecule has 0 aromatic rings. The lowest BCUT2D eigenvalue weighted by atomic mass is 10.2. The molecule has 0 aromatic carbocycles. The summed E-state index contributed by atoms with van der Waals surface area (Å²) in [6, 6.07) is 0.130. The second kappa shape index (κ2) is 9.32. The number of hydrogen-bond acceptors (Lipinski definition) is 5. The normalized spacial score (nSPS) is 18.3. The van der Waals surface area contributed by atoms with Gasteiger partial charge in [0.1, 0.15) is 6.00 Å². The summed E-state index contributed by atoms with van der Waals surface area (Å²) >= 11 is 7.05. The molecule has 8 heteroatoms. The molecule has 1 unspecified atom stereocenters. The zero-order chi connectivity index (χ0) is 16.5. The van der Waals surface area contributed by atoms with Gasteiger partial charge in [0.25, 0.3) is 0 Å². The number of allylic oxidation sites excluding steroid dienone is 3. The van der Waals surface area contributed by atoms with Crippen LogP contribution in [0.15, 0.2) is 39.5 Å². The van der Waals surface area contributed by atoms with Gasteiger partial charge in [0, 0.05) is 34.5 Å². The fraction of sp³-hybridized carbons (Fsp3) is 0.357. The quantitative estimate of drug-likeness (QED) is 0.206. The molecule has 0 saturated heterocycles. The molecule has 0 fully saturated rings. The smallest absolute Gasteiger partial charge is 0.221 e. The topological polar surface area (TPSA) is 82.6 Å². The lowest BCUT2D eigenvalue weighted by Gasteiger charge is -2.12. The number of nitrogens with zero attached hydrogens (tertiary/aromatic N) is 1. The predicted octanol–water partition coefficient (Wildman–Crippen LogP) is 1.82. The van der Waals surface area contributed by atoms with E-state index < -0.39 is 0 Å². The molecule has 0 aliphatic carbocycles. The van der Waals surface area contributed by atoms with Crippen molar-refractivity contribution in [1.82, 2.24) is 16.0 Å². The van der Waals surface area contributed by atoms with Crippen molar-refractivity contribution in [2.45, 2.75) is 25.8 Å². The van der Waals surface area contributed by atoms with Gasteiger partial charge in [-0.05, 0) is 13.0 Å². The van der Waals surface area contributed by atoms with Crippen molar-refractivity contribution in [2.75, 3.05) is 6.00 Å². The molecule has 2 amide bonds. The third-order valence-electron chi connectivity index (χ3n) is 2.67. The number of rotatable bonds is 8. The Morgan fingerprint density at radius 2 is 2.32 bits per heavy atom. The monoisotopic (exact) mass is 342 g/mol. The summed E-state index contributed by atoms with van der Waals surface area (Å²) in [5.41, 5.74) is 1.86. The maximum atomic E-state index is 11.5. The molecule has 1 atom stereocenters. The summed E-state index contributed by atoms with van der Waals surface area (Å²) in [6.07, 6.45) is 4.29. The molecule has 0 aromatic heterocycles. The van der Waals surface area contributed by atoms with E-state index in [0.717, 1.165) is 16.2 Å². The molecule has 0 saturated carbocycles. The van der Waals surface area contributed by atoms with E-state index in [-0.39, 0.29) is 17.4 Å². The minimum absolute atomic E-state index is 0.0361. The number of nitrogens with one attached hydrogen (secondary N) is 3. The van der Waals surface area contributed by atoms with E-state index in [9.17, 15) is 9.59 Å². The van der Waals surface area contributed by atoms with E-state index in [0.29, 0.717) is 18.5 Å². The second-order valence-corrected chi connectivity index (χ2v) is 5.69. The molecule has 120 valence electrons. The van der Waals surface area contributed by atoms with Crippen molar-refractivity contribution in [2.24, 2.45) is 4.99 Å². The number of alkyl halides is 1. The fourth-order valence-corrected chi connectivity index (χ4v) is 2.91. The van der Waals surface area contributed by atoms with E-state index >= 15 is 0 Å². The van der Waals surface area contributed by atoms with Crippen molar-refractivity contribution < 1.29 is 9.59 Å². The van der Waals surface area contributed by atoms with Crippen LogP contribution in [0.5, 0.6) is 0 Å². The Hall–Kier alpha value is -1.73. The van der Waals surface area contributed by atoms with Gasteiger partial charge in [0.05, 0.1) is 0 Å². The average Bonchev–Trinajstić information content (AvgIpc) is 2.84. The highest BCUT2D eigenvalue weighted by atomic mass is 35.5. The molecular formula is C14H19ClN4O2S. The first-order valence-electron chi connectivity index (χ1n) is 6.62. The van der Waals surface area contributed by atoms with E-state index in [1.807, 2.05) is 6.92 Å². The molecule has 3 N–H and O–H groups in total. The highest BCUT2D eigenvalue weighted by molar-refractivity contribution is 8.04. The van der Waals surface area contributed by atoms with Crippen LogP contribution in [-0.2, 0) is 9.59 Å². The Morgan fingerprint density at radius 1 is 1.59 bits per heavy atom. The van der Waals surface area contributed by atoms with Crippen molar-refractivity contribution in [1.29, 1.82) is 0 Å². The first-order chi connectivity index (χ1) is 10.5. The van der Waals surface area contributed by atoms with Crippen LogP contribution in [0.1, 0.15) is 20.3 Å². The average molecular weight is 343 g/mol. The lowest BCUT2D eigenvalue weighted by molar-refractivity contribution is -0.121. The van der Waals surface area contributed by atoms with Crippen LogP contribution < -0.4 is 16.0 Å². The predicted molar refractivity (Wildman–Crippen MR) is 91.3 cm³/mol. The highest BCUT2D eigenvalue weighted by Crippen LogP contribution is 2.34. The Kier molecular flexibility index (Phi) is 7.76. The first kappa shape index (κ1) is 18.3. The number of carbonyl (C=O) groups is 2. The summed E-state index contributed by atoms with van der Waals surface area (Å²) in [5.74, 6) is -0.0361. The standard InChI is InChI=1S/C14H19ClN4O2S/c1-4-12(21)19-14-18-10(3)13(22-14)11(6-16-7-15)5-9(2)17-8-20/h5-6,8,14,18H,2,4,7H2,1,3H3,(H,17,20)(H,19,21)/b11-5+,16-6-. The van der Waals surface area contributed by atoms with Crippen molar-refractivity contribution in [3.8, 4) is 0 Å². The minimum atomic E-state index is -0.234. The Balaban J connectivity index is 2.92. The van der Waals surface area contributed by atoms with Gasteiger partial charge in [-0.1, -0.05) is 25.3 Å². The lowest BCUT2D eigenvalue weighted by Crippen LogP contribution is -2.39. The van der Waals surface area contributed by atoms with E-state index in [1.165, 1.54) is 11.8 Å². The van der Waals surface area contributed by atoms with Crippen LogP contribution in [0.4, 0.5) is 0 Å². The van der Waals surface area contributed by atoms with Gasteiger partial charge in [0.15, 0.2) is 5.50 Å². The summed E-state index contributed by atoms with van der Waals surface area (Å²) in [4.78, 5) is 26.9. The Labute approximate surface area is 139 Å². The number of thioether (sulfide) groups is 1. The van der Waals surface area contributed by atoms with Crippen molar-refractivity contribution in [3.63, 3.8) is 0 Å². The second-order valence-electron chi connectivity index (χ2n) is 4.34. The summed E-state index contributed by atoms with van der Waals surface area (Å²) in [6.45, 7) is 7.43. The molecule has 1 rings (SSSR count). The van der Waals surface area contributed by atoms with Gasteiger partial charge >= 0.3 is 0 Å². The van der Waals surface area contributed by atoms with Crippen LogP contribution in [0.25, 0.3) is 0 Å². The largest absolute Gasteiger partial charge is 0.359 e. The first-order valence-corrected chi connectivity index (χ1v) is 8.03. The van der Waals surface area contributed by atoms with Gasteiger partial charge in [-0.25, -0.2) is 0 Å². The summed E-state index contributed by atoms with van der Waals surface area (Å²) in [7, 11) is 0. The van der Waals surface area contributed by atoms with Crippen molar-refractivity contribution in [3.05, 3.63) is 34.5 Å². The molecule has 0 radical (unpaired) electrons. The van der Waals surface area contributed by atoms with E-state index in [4.69, 9.17) is 11.6 Å². The Morgan fingerprint density at radius 3 is 2.91 bits per heavy atom. The third kappa shape index (κ3) is 5.57. The molecule has 1 heterocycles. The van der Waals surface area contributed by atoms with E-state index in [1.54, 1.807) is 19.2 Å². The summed E-state index contributed by atoms with van der Waals surface area (Å²) < 4.78 is 0. The minimum Gasteiger partial charge on any atom is -0.359 e. The van der Waals surface area contributed by atoms with Gasteiger partial charge in [-0.3, -0.25) is 14.6 Å². The number of amides is 2. The molecule has 22 heavy (non-hydrogen) atoms. The van der Waals surface area contributed by atoms with Gasteiger partial charge in [0.2, 0.25) is 12.3 Å². The van der Waals surface area contributed by atoms with Crippen LogP contribution >= 0.6 is 23.4 Å². The number of aliphatic imine (C=N–C) groups is 1. The van der Waals surface area contributed by atoms with Crippen LogP contribution in [0.2, 0.25) is 0 Å². The highest BCUT2D eigenvalue weighted by Gasteiger charge is 2.24. The van der Waals surface area contributed by atoms with Gasteiger partial charge in [-0.2, -0.15) is 0 Å². The molecule has 0 bridgehead atoms. The van der Waals surface area contributed by atoms with Crippen LogP contribution in [0, 0.1) is 0 Å². The zero-order valence-corrected chi connectivity index (χ0v) is 14.1. The maximum absolute atomic E-state index is 11.5. The Bertz CT molecular complexity index is 543. The van der Waals surface area contributed by atoms with Gasteiger partial charge < -0.3 is 16.0 Å². The molecular weight excluding hydrogens is 324 g/mol. The number of carbonyl (C=O) groups excluding carboxylic acids is 2. The van der Waals surface area contributed by atoms with Crippen LogP contribution in [0.3, 0.4) is 0 Å². The van der Waals surface area contributed by atoms with E-state index in [2.05, 4.69) is 27.5 Å². The summed E-state index contributed by atoms with van der Waals surface area (Å²) in [5, 5.41) is 8.52. The zero-order valence-electron chi connectivity index (χ0n) is 12.5. The fourth-order valence-electron chi connectivity index (χ4n) is 1.70. The van der Waals surface area contributed by atoms with Crippen molar-refractivity contribution >= 4 is 41.9 Å². The molecule has 1 aliphatic heterocycles. The number of hydrogen-bond donors (Lipinski definition) is 3. The molecule has 6 nitrogen and oxygen atoms in total. The van der Waals surface area contributed by atoms with Crippen LogP contribution in [-0.4, -0.2) is 30.0 Å². The number of halogens is 1. The molecule has 0 spiro atoms. The third-order valence-corrected chi connectivity index (χ3v) is 4.06. The molecule has 1 aliphatic rings.